The van der Waals surface area contributed by atoms with E-state index in [1.807, 2.05) is 55.5 Å². The van der Waals surface area contributed by atoms with Crippen molar-refractivity contribution in [2.24, 2.45) is 0 Å². The van der Waals surface area contributed by atoms with Crippen molar-refractivity contribution in [2.45, 2.75) is 19.8 Å². The highest BCUT2D eigenvalue weighted by Gasteiger charge is 2.18. The van der Waals surface area contributed by atoms with Crippen LogP contribution < -0.4 is 14.8 Å². The van der Waals surface area contributed by atoms with E-state index in [0.717, 1.165) is 29.3 Å². The number of carbonyl (C=O) groups excluding carboxylic acids is 1. The largest absolute Gasteiger partial charge is 0.490 e. The predicted molar refractivity (Wildman–Crippen MR) is 111 cm³/mol. The van der Waals surface area contributed by atoms with Crippen LogP contribution in [0.4, 0.5) is 5.69 Å². The lowest BCUT2D eigenvalue weighted by molar-refractivity contribution is -0.118. The third-order valence-electron chi connectivity index (χ3n) is 4.30. The van der Waals surface area contributed by atoms with Gasteiger partial charge in [-0.15, -0.1) is 0 Å². The summed E-state index contributed by atoms with van der Waals surface area (Å²) in [5.74, 6) is 0.914. The van der Waals surface area contributed by atoms with Crippen LogP contribution in [0.15, 0.2) is 48.5 Å². The van der Waals surface area contributed by atoms with E-state index in [4.69, 9.17) is 21.7 Å². The van der Waals surface area contributed by atoms with Gasteiger partial charge in [0, 0.05) is 24.3 Å². The van der Waals surface area contributed by atoms with Gasteiger partial charge >= 0.3 is 0 Å². The van der Waals surface area contributed by atoms with E-state index in [2.05, 4.69) is 10.2 Å². The summed E-state index contributed by atoms with van der Waals surface area (Å²) in [5, 5.41) is 2.80. The molecular weight excluding hydrogens is 360 g/mol. The molecule has 1 aliphatic heterocycles. The number of carbonyl (C=O) groups is 1. The van der Waals surface area contributed by atoms with Crippen LogP contribution in [0, 0.1) is 0 Å². The molecule has 1 fully saturated rings. The maximum Gasteiger partial charge on any atom is 0.262 e. The molecule has 1 amide bonds. The third kappa shape index (κ3) is 5.20. The van der Waals surface area contributed by atoms with Crippen LogP contribution in [0.2, 0.25) is 0 Å². The molecule has 0 spiro atoms. The summed E-state index contributed by atoms with van der Waals surface area (Å²) in [6.45, 7) is 4.33. The summed E-state index contributed by atoms with van der Waals surface area (Å²) in [4.78, 5) is 15.2. The maximum atomic E-state index is 12.1. The smallest absolute Gasteiger partial charge is 0.262 e. The monoisotopic (exact) mass is 384 g/mol. The maximum absolute atomic E-state index is 12.1. The van der Waals surface area contributed by atoms with Crippen molar-refractivity contribution in [3.63, 3.8) is 0 Å². The van der Waals surface area contributed by atoms with E-state index >= 15 is 0 Å². The van der Waals surface area contributed by atoms with Crippen molar-refractivity contribution in [3.05, 3.63) is 54.1 Å². The van der Waals surface area contributed by atoms with Crippen LogP contribution in [-0.2, 0) is 4.79 Å². The zero-order valence-corrected chi connectivity index (χ0v) is 16.3. The summed E-state index contributed by atoms with van der Waals surface area (Å²) in [7, 11) is 0. The lowest BCUT2D eigenvalue weighted by Gasteiger charge is -2.20. The van der Waals surface area contributed by atoms with Crippen molar-refractivity contribution in [3.8, 4) is 11.5 Å². The van der Waals surface area contributed by atoms with Crippen LogP contribution in [0.3, 0.4) is 0 Å². The van der Waals surface area contributed by atoms with Gasteiger partial charge in [-0.25, -0.2) is 0 Å². The van der Waals surface area contributed by atoms with Gasteiger partial charge in [-0.1, -0.05) is 30.4 Å². The molecule has 0 atom stereocenters. The molecule has 0 aliphatic carbocycles. The van der Waals surface area contributed by atoms with E-state index in [-0.39, 0.29) is 12.5 Å². The number of anilines is 1. The number of ether oxygens (including phenoxy) is 2. The fourth-order valence-electron chi connectivity index (χ4n) is 2.99. The molecule has 5 nitrogen and oxygen atoms in total. The lowest BCUT2D eigenvalue weighted by atomic mass is 10.2. The number of benzene rings is 2. The third-order valence-corrected chi connectivity index (χ3v) is 4.79. The topological polar surface area (TPSA) is 50.8 Å². The minimum atomic E-state index is -0.222. The highest BCUT2D eigenvalue weighted by molar-refractivity contribution is 7.80. The highest BCUT2D eigenvalue weighted by atomic mass is 32.1. The molecule has 3 rings (SSSR count). The fraction of sp³-hybridized carbons (Fsp3) is 0.333. The fourth-order valence-corrected chi connectivity index (χ4v) is 3.30. The van der Waals surface area contributed by atoms with Crippen molar-refractivity contribution in [2.75, 3.05) is 31.6 Å². The zero-order valence-electron chi connectivity index (χ0n) is 15.4. The van der Waals surface area contributed by atoms with E-state index in [9.17, 15) is 4.79 Å². The van der Waals surface area contributed by atoms with Gasteiger partial charge in [0.05, 0.1) is 6.61 Å². The number of nitrogens with one attached hydrogen (secondary N) is 1. The summed E-state index contributed by atoms with van der Waals surface area (Å²) in [6.07, 6.45) is 2.35. The van der Waals surface area contributed by atoms with Gasteiger partial charge in [0.25, 0.3) is 5.91 Å². The first-order valence-electron chi connectivity index (χ1n) is 9.21. The quantitative estimate of drug-likeness (QED) is 0.735. The molecule has 1 saturated heterocycles. The average Bonchev–Trinajstić information content (AvgIpc) is 3.22. The van der Waals surface area contributed by atoms with Crippen molar-refractivity contribution in [1.82, 2.24) is 4.90 Å². The minimum Gasteiger partial charge on any atom is -0.490 e. The van der Waals surface area contributed by atoms with Crippen molar-refractivity contribution >= 4 is 28.8 Å². The minimum absolute atomic E-state index is 0.0924. The normalized spacial score (nSPS) is 13.3. The summed E-state index contributed by atoms with van der Waals surface area (Å²) in [5.41, 5.74) is 1.68. The second-order valence-electron chi connectivity index (χ2n) is 6.30. The van der Waals surface area contributed by atoms with E-state index in [0.29, 0.717) is 18.1 Å². The molecule has 1 aliphatic rings. The Morgan fingerprint density at radius 2 is 1.81 bits per heavy atom. The summed E-state index contributed by atoms with van der Waals surface area (Å²) in [6, 6.07) is 14.9. The second-order valence-corrected chi connectivity index (χ2v) is 6.68. The molecule has 6 heteroatoms. The van der Waals surface area contributed by atoms with Crippen LogP contribution in [-0.4, -0.2) is 42.1 Å². The van der Waals surface area contributed by atoms with Crippen molar-refractivity contribution < 1.29 is 14.3 Å². The van der Waals surface area contributed by atoms with Gasteiger partial charge in [0.15, 0.2) is 18.1 Å². The molecule has 0 radical (unpaired) electrons. The molecule has 0 unspecified atom stereocenters. The van der Waals surface area contributed by atoms with Crippen LogP contribution in [0.5, 0.6) is 11.5 Å². The Labute approximate surface area is 165 Å². The van der Waals surface area contributed by atoms with E-state index in [1.165, 1.54) is 12.8 Å². The number of rotatable bonds is 7. The van der Waals surface area contributed by atoms with E-state index in [1.54, 1.807) is 0 Å². The molecule has 27 heavy (non-hydrogen) atoms. The molecule has 0 bridgehead atoms. The molecule has 0 aromatic heterocycles. The Morgan fingerprint density at radius 3 is 2.52 bits per heavy atom. The van der Waals surface area contributed by atoms with Crippen LogP contribution in [0.25, 0.3) is 0 Å². The van der Waals surface area contributed by atoms with Gasteiger partial charge < -0.3 is 19.7 Å². The molecule has 2 aromatic carbocycles. The second kappa shape index (κ2) is 9.37. The Kier molecular flexibility index (Phi) is 6.65. The summed E-state index contributed by atoms with van der Waals surface area (Å²) < 4.78 is 11.4. The number of para-hydroxylation sites is 1. The lowest BCUT2D eigenvalue weighted by Crippen LogP contribution is -2.26. The standard InChI is InChI=1S/C21H24N2O3S/c1-2-25-19-14-16(21(27)23-12-6-7-13-23)10-11-18(19)26-15-20(24)22-17-8-4-3-5-9-17/h3-5,8-11,14H,2,6-7,12-13,15H2,1H3,(H,22,24). The Bertz CT molecular complexity index is 789. The molecule has 1 heterocycles. The van der Waals surface area contributed by atoms with Crippen molar-refractivity contribution in [1.29, 1.82) is 0 Å². The number of likely N-dealkylation sites (tertiary alicyclic amines) is 1. The van der Waals surface area contributed by atoms with Gasteiger partial charge in [0.2, 0.25) is 0 Å². The number of nitrogens with zero attached hydrogens (tertiary/aromatic N) is 1. The molecule has 2 aromatic rings. The van der Waals surface area contributed by atoms with Crippen LogP contribution >= 0.6 is 12.2 Å². The number of amides is 1. The first kappa shape index (κ1) is 19.2. The molecule has 1 N–H and O–H groups in total. The Balaban J connectivity index is 1.65. The Morgan fingerprint density at radius 1 is 1.07 bits per heavy atom. The first-order valence-corrected chi connectivity index (χ1v) is 9.62. The van der Waals surface area contributed by atoms with E-state index < -0.39 is 0 Å². The highest BCUT2D eigenvalue weighted by Crippen LogP contribution is 2.29. The van der Waals surface area contributed by atoms with Crippen LogP contribution in [0.1, 0.15) is 25.3 Å². The zero-order chi connectivity index (χ0) is 19.1. The number of thiocarbonyl (C=S) groups is 1. The van der Waals surface area contributed by atoms with Gasteiger partial charge in [-0.2, -0.15) is 0 Å². The SMILES string of the molecule is CCOc1cc(C(=S)N2CCCC2)ccc1OCC(=O)Nc1ccccc1. The number of hydrogen-bond donors (Lipinski definition) is 1. The average molecular weight is 385 g/mol. The Hall–Kier alpha value is -2.60. The summed E-state index contributed by atoms with van der Waals surface area (Å²) >= 11 is 5.61. The first-order chi connectivity index (χ1) is 13.2. The molecule has 142 valence electrons. The molecule has 0 saturated carbocycles. The van der Waals surface area contributed by atoms with Gasteiger partial charge in [-0.3, -0.25) is 4.79 Å². The molecular formula is C21H24N2O3S. The number of hydrogen-bond acceptors (Lipinski definition) is 4. The predicted octanol–water partition coefficient (Wildman–Crippen LogP) is 3.87. The van der Waals surface area contributed by atoms with Gasteiger partial charge in [0.1, 0.15) is 4.99 Å². The van der Waals surface area contributed by atoms with Gasteiger partial charge in [-0.05, 0) is 50.1 Å².